The number of rotatable bonds is 2. The van der Waals surface area contributed by atoms with Crippen molar-refractivity contribution in [1.82, 2.24) is 5.32 Å². The summed E-state index contributed by atoms with van der Waals surface area (Å²) in [7, 11) is 0. The van der Waals surface area contributed by atoms with Crippen molar-refractivity contribution in [1.29, 1.82) is 0 Å². The van der Waals surface area contributed by atoms with Gasteiger partial charge in [0.25, 0.3) is 5.91 Å². The van der Waals surface area contributed by atoms with Crippen LogP contribution in [0.2, 0.25) is 0 Å². The lowest BCUT2D eigenvalue weighted by atomic mass is 9.63. The number of Topliss-reactive ketones (excluding diaryl/α,β-unsaturated/α-hetero) is 1. The molecule has 0 unspecified atom stereocenters. The van der Waals surface area contributed by atoms with E-state index in [0.717, 1.165) is 23.5 Å². The summed E-state index contributed by atoms with van der Waals surface area (Å²) in [6, 6.07) is 9.29. The van der Waals surface area contributed by atoms with Crippen molar-refractivity contribution < 1.29 is 34.1 Å². The van der Waals surface area contributed by atoms with Gasteiger partial charge in [0.05, 0.1) is 24.2 Å². The van der Waals surface area contributed by atoms with Gasteiger partial charge in [-0.1, -0.05) is 55.0 Å². The van der Waals surface area contributed by atoms with Crippen molar-refractivity contribution in [3.8, 4) is 0 Å². The highest BCUT2D eigenvalue weighted by molar-refractivity contribution is 5.93. The summed E-state index contributed by atoms with van der Waals surface area (Å²) < 4.78 is 10.9. The normalized spacial score (nSPS) is 38.8. The minimum Gasteiger partial charge on any atom is -0.416 e. The molecule has 0 saturated carbocycles. The molecule has 2 heterocycles. The summed E-state index contributed by atoms with van der Waals surface area (Å²) in [4.78, 5) is 39.3. The van der Waals surface area contributed by atoms with Crippen LogP contribution < -0.4 is 5.32 Å². The van der Waals surface area contributed by atoms with Crippen molar-refractivity contribution >= 4 is 17.8 Å². The van der Waals surface area contributed by atoms with Crippen molar-refractivity contribution in [2.45, 2.75) is 63.9 Å². The lowest BCUT2D eigenvalue weighted by Crippen LogP contribution is -2.59. The molecule has 8 nitrogen and oxygen atoms in total. The Morgan fingerprint density at radius 2 is 1.81 bits per heavy atom. The molecule has 8 heteroatoms. The van der Waals surface area contributed by atoms with E-state index in [9.17, 15) is 24.6 Å². The second-order valence-corrected chi connectivity index (χ2v) is 10.2. The van der Waals surface area contributed by atoms with E-state index in [1.807, 2.05) is 44.2 Å². The molecule has 3 aliphatic rings. The number of aliphatic hydroxyl groups excluding tert-OH is 1. The number of carbonyl (C=O) groups excluding carboxylic acids is 3. The Morgan fingerprint density at radius 1 is 1.11 bits per heavy atom. The van der Waals surface area contributed by atoms with E-state index in [1.165, 1.54) is 6.92 Å². The Kier molecular flexibility index (Phi) is 6.94. The van der Waals surface area contributed by atoms with E-state index in [0.29, 0.717) is 12.0 Å². The van der Waals surface area contributed by atoms with Gasteiger partial charge in [0.1, 0.15) is 5.60 Å². The molecule has 1 spiro atoms. The SMILES string of the molecule is CC1=C(C)[C@H]2[C@H](Cc3ccccc3)NC(=O)[C@]23OC(=O)O/C=C\[C@@](C)(O)C(=O)[C@@H](C)C/C=C\[C@H]3[C@@H]1O. The first kappa shape index (κ1) is 25.9. The summed E-state index contributed by atoms with van der Waals surface area (Å²) in [5, 5.41) is 24.8. The molecule has 192 valence electrons. The van der Waals surface area contributed by atoms with Gasteiger partial charge in [-0.2, -0.15) is 0 Å². The maximum Gasteiger partial charge on any atom is 0.514 e. The summed E-state index contributed by atoms with van der Waals surface area (Å²) in [5.74, 6) is -3.00. The minimum absolute atomic E-state index is 0.262. The lowest BCUT2D eigenvalue weighted by Gasteiger charge is -2.45. The minimum atomic E-state index is -1.85. The molecule has 1 aromatic carbocycles. The van der Waals surface area contributed by atoms with Gasteiger partial charge in [-0.15, -0.1) is 0 Å². The number of benzene rings is 1. The Morgan fingerprint density at radius 3 is 2.50 bits per heavy atom. The van der Waals surface area contributed by atoms with Crippen LogP contribution in [-0.2, 0) is 25.5 Å². The molecule has 36 heavy (non-hydrogen) atoms. The molecular formula is C28H33NO7. The Bertz CT molecular complexity index is 1140. The monoisotopic (exact) mass is 495 g/mol. The van der Waals surface area contributed by atoms with E-state index in [2.05, 4.69) is 5.32 Å². The molecular weight excluding hydrogens is 462 g/mol. The van der Waals surface area contributed by atoms with Crippen LogP contribution in [0.5, 0.6) is 0 Å². The van der Waals surface area contributed by atoms with Gasteiger partial charge in [-0.05, 0) is 50.8 Å². The first-order valence-corrected chi connectivity index (χ1v) is 12.2. The van der Waals surface area contributed by atoms with Crippen LogP contribution in [0.25, 0.3) is 0 Å². The molecule has 0 bridgehead atoms. The fourth-order valence-corrected chi connectivity index (χ4v) is 5.73. The number of allylic oxidation sites excluding steroid dienone is 1. The van der Waals surface area contributed by atoms with Crippen LogP contribution in [0, 0.1) is 17.8 Å². The predicted molar refractivity (Wildman–Crippen MR) is 131 cm³/mol. The van der Waals surface area contributed by atoms with Gasteiger partial charge in [0, 0.05) is 12.0 Å². The smallest absolute Gasteiger partial charge is 0.416 e. The number of ketones is 1. The highest BCUT2D eigenvalue weighted by Gasteiger charge is 2.66. The number of ether oxygens (including phenoxy) is 2. The first-order chi connectivity index (χ1) is 17.0. The quantitative estimate of drug-likeness (QED) is 0.426. The number of hydrogen-bond donors (Lipinski definition) is 3. The number of aliphatic hydroxyl groups is 2. The summed E-state index contributed by atoms with van der Waals surface area (Å²) in [5.41, 5.74) is -1.13. The van der Waals surface area contributed by atoms with Crippen LogP contribution in [0.4, 0.5) is 4.79 Å². The average Bonchev–Trinajstić information content (AvgIpc) is 3.10. The van der Waals surface area contributed by atoms with Crippen molar-refractivity contribution in [2.75, 3.05) is 0 Å². The zero-order valence-corrected chi connectivity index (χ0v) is 20.9. The van der Waals surface area contributed by atoms with Crippen molar-refractivity contribution in [3.05, 3.63) is 71.5 Å². The third-order valence-electron chi connectivity index (χ3n) is 7.79. The highest BCUT2D eigenvalue weighted by Crippen LogP contribution is 2.50. The molecule has 3 N–H and O–H groups in total. The third kappa shape index (κ3) is 4.40. The average molecular weight is 496 g/mol. The van der Waals surface area contributed by atoms with Crippen LogP contribution in [0.1, 0.15) is 39.7 Å². The second kappa shape index (κ2) is 9.67. The maximum absolute atomic E-state index is 13.7. The van der Waals surface area contributed by atoms with Crippen molar-refractivity contribution in [2.24, 2.45) is 17.8 Å². The highest BCUT2D eigenvalue weighted by atomic mass is 16.7. The number of nitrogens with one attached hydrogen (secondary N) is 1. The third-order valence-corrected chi connectivity index (χ3v) is 7.79. The van der Waals surface area contributed by atoms with E-state index in [-0.39, 0.29) is 6.42 Å². The van der Waals surface area contributed by atoms with Gasteiger partial charge in [0.2, 0.25) is 5.60 Å². The predicted octanol–water partition coefficient (Wildman–Crippen LogP) is 2.99. The number of carbonyl (C=O) groups is 3. The van der Waals surface area contributed by atoms with E-state index in [4.69, 9.17) is 9.47 Å². The standard InChI is InChI=1S/C28H33NO7/c1-16-9-8-12-20-23(30)18(3)17(2)22-21(15-19-10-6-5-7-11-19)29-25(32)28(20,22)36-26(33)35-14-13-27(4,34)24(16)31/h5-8,10-14,16,20-23,30,34H,9,15H2,1-4H3,(H,29,32)/b12-8-,14-13-/t16-,20-,21-,22-,23+,27+,28+/m0/s1. The number of hydrogen-bond acceptors (Lipinski definition) is 7. The fourth-order valence-electron chi connectivity index (χ4n) is 5.73. The zero-order chi connectivity index (χ0) is 26.3. The van der Waals surface area contributed by atoms with Gasteiger partial charge in [0.15, 0.2) is 5.78 Å². The van der Waals surface area contributed by atoms with E-state index < -0.39 is 58.9 Å². The number of amides is 1. The number of cyclic esters (lactones) is 1. The van der Waals surface area contributed by atoms with Crippen LogP contribution >= 0.6 is 0 Å². The van der Waals surface area contributed by atoms with Crippen LogP contribution in [0.15, 0.2) is 66.0 Å². The Labute approximate surface area is 210 Å². The Balaban J connectivity index is 1.82. The molecule has 1 fully saturated rings. The lowest BCUT2D eigenvalue weighted by molar-refractivity contribution is -0.151. The van der Waals surface area contributed by atoms with Gasteiger partial charge in [-0.3, -0.25) is 9.59 Å². The first-order valence-electron chi connectivity index (χ1n) is 12.2. The Hall–Kier alpha value is -3.23. The van der Waals surface area contributed by atoms with Gasteiger partial charge in [-0.25, -0.2) is 4.79 Å². The van der Waals surface area contributed by atoms with E-state index >= 15 is 0 Å². The molecule has 1 amide bonds. The fraction of sp³-hybridized carbons (Fsp3) is 0.464. The van der Waals surface area contributed by atoms with Crippen LogP contribution in [-0.4, -0.2) is 51.4 Å². The molecule has 0 radical (unpaired) electrons. The molecule has 4 rings (SSSR count). The van der Waals surface area contributed by atoms with E-state index in [1.54, 1.807) is 19.1 Å². The molecule has 7 atom stereocenters. The summed E-state index contributed by atoms with van der Waals surface area (Å²) in [6.07, 6.45) is 3.84. The van der Waals surface area contributed by atoms with Gasteiger partial charge < -0.3 is 25.0 Å². The second-order valence-electron chi connectivity index (χ2n) is 10.2. The molecule has 1 aromatic rings. The zero-order valence-electron chi connectivity index (χ0n) is 20.9. The van der Waals surface area contributed by atoms with Crippen molar-refractivity contribution in [3.63, 3.8) is 0 Å². The maximum atomic E-state index is 13.7. The van der Waals surface area contributed by atoms with Crippen LogP contribution in [0.3, 0.4) is 0 Å². The summed E-state index contributed by atoms with van der Waals surface area (Å²) in [6.45, 7) is 6.65. The summed E-state index contributed by atoms with van der Waals surface area (Å²) >= 11 is 0. The molecule has 1 aliphatic carbocycles. The molecule has 0 aromatic heterocycles. The topological polar surface area (TPSA) is 122 Å². The molecule has 1 saturated heterocycles. The largest absolute Gasteiger partial charge is 0.514 e. The van der Waals surface area contributed by atoms with Gasteiger partial charge >= 0.3 is 6.16 Å². The molecule has 2 aliphatic heterocycles.